The van der Waals surface area contributed by atoms with Gasteiger partial charge in [-0.2, -0.15) is 0 Å². The van der Waals surface area contributed by atoms with Crippen LogP contribution in [-0.2, 0) is 6.54 Å². The Morgan fingerprint density at radius 2 is 1.89 bits per heavy atom. The van der Waals surface area contributed by atoms with Gasteiger partial charge in [-0.05, 0) is 23.3 Å². The number of amides is 1. The summed E-state index contributed by atoms with van der Waals surface area (Å²) in [5.41, 5.74) is 15.4. The molecule has 0 aromatic heterocycles. The normalized spacial score (nSPS) is 10.1. The summed E-state index contributed by atoms with van der Waals surface area (Å²) in [5, 5.41) is 10.9. The van der Waals surface area contributed by atoms with Crippen molar-refractivity contribution in [3.63, 3.8) is 0 Å². The van der Waals surface area contributed by atoms with E-state index in [2.05, 4.69) is 5.32 Å². The van der Waals surface area contributed by atoms with Crippen LogP contribution in [0.4, 0.5) is 16.2 Å². The zero-order valence-corrected chi connectivity index (χ0v) is 10.3. The predicted octanol–water partition coefficient (Wildman–Crippen LogP) is 2.29. The number of nitrogen functional groups attached to an aromatic ring is 2. The van der Waals surface area contributed by atoms with Gasteiger partial charge in [0.1, 0.15) is 0 Å². The van der Waals surface area contributed by atoms with Crippen LogP contribution in [0.25, 0.3) is 11.1 Å². The molecule has 5 heteroatoms. The van der Waals surface area contributed by atoms with E-state index in [-0.39, 0.29) is 6.54 Å². The van der Waals surface area contributed by atoms with Crippen molar-refractivity contribution in [3.05, 3.63) is 48.0 Å². The van der Waals surface area contributed by atoms with Gasteiger partial charge in [0.2, 0.25) is 0 Å². The summed E-state index contributed by atoms with van der Waals surface area (Å²) in [6.07, 6.45) is -1.05. The van der Waals surface area contributed by atoms with Crippen LogP contribution in [-0.4, -0.2) is 11.2 Å². The van der Waals surface area contributed by atoms with Crippen molar-refractivity contribution in [2.45, 2.75) is 6.54 Å². The summed E-state index contributed by atoms with van der Waals surface area (Å²) in [7, 11) is 0. The van der Waals surface area contributed by atoms with Crippen LogP contribution in [0.5, 0.6) is 0 Å². The van der Waals surface area contributed by atoms with E-state index in [9.17, 15) is 4.79 Å². The Hall–Kier alpha value is -2.69. The largest absolute Gasteiger partial charge is 0.465 e. The molecule has 2 aromatic carbocycles. The number of para-hydroxylation sites is 1. The van der Waals surface area contributed by atoms with Gasteiger partial charge in [-0.15, -0.1) is 0 Å². The quantitative estimate of drug-likeness (QED) is 0.633. The molecule has 0 fully saturated rings. The maximum Gasteiger partial charge on any atom is 0.404 e. The van der Waals surface area contributed by atoms with Crippen molar-refractivity contribution in [2.75, 3.05) is 11.5 Å². The highest BCUT2D eigenvalue weighted by molar-refractivity contribution is 5.84. The molecule has 2 rings (SSSR count). The fourth-order valence-corrected chi connectivity index (χ4v) is 1.86. The third kappa shape index (κ3) is 2.95. The molecule has 0 bridgehead atoms. The Bertz CT molecular complexity index is 611. The van der Waals surface area contributed by atoms with Gasteiger partial charge >= 0.3 is 6.09 Å². The van der Waals surface area contributed by atoms with E-state index in [1.54, 1.807) is 6.07 Å². The van der Waals surface area contributed by atoms with Gasteiger partial charge in [0.25, 0.3) is 0 Å². The minimum atomic E-state index is -1.05. The van der Waals surface area contributed by atoms with Gasteiger partial charge in [-0.1, -0.05) is 30.3 Å². The Kier molecular flexibility index (Phi) is 3.56. The van der Waals surface area contributed by atoms with E-state index in [4.69, 9.17) is 16.6 Å². The molecule has 0 aliphatic carbocycles. The first-order chi connectivity index (χ1) is 9.08. The van der Waals surface area contributed by atoms with Crippen LogP contribution in [0.2, 0.25) is 0 Å². The molecular formula is C14H15N3O2. The molecule has 0 aliphatic rings. The van der Waals surface area contributed by atoms with Crippen molar-refractivity contribution < 1.29 is 9.90 Å². The molecule has 19 heavy (non-hydrogen) atoms. The lowest BCUT2D eigenvalue weighted by Gasteiger charge is -2.10. The second kappa shape index (κ2) is 5.30. The lowest BCUT2D eigenvalue weighted by molar-refractivity contribution is 0.194. The van der Waals surface area contributed by atoms with Crippen molar-refractivity contribution in [3.8, 4) is 11.1 Å². The molecule has 6 N–H and O–H groups in total. The van der Waals surface area contributed by atoms with Gasteiger partial charge in [0.05, 0.1) is 11.4 Å². The lowest BCUT2D eigenvalue weighted by Crippen LogP contribution is -2.19. The van der Waals surface area contributed by atoms with Gasteiger partial charge in [0, 0.05) is 12.1 Å². The van der Waals surface area contributed by atoms with E-state index in [1.165, 1.54) is 0 Å². The number of carbonyl (C=O) groups is 1. The zero-order valence-electron chi connectivity index (χ0n) is 10.3. The predicted molar refractivity (Wildman–Crippen MR) is 75.6 cm³/mol. The van der Waals surface area contributed by atoms with Crippen molar-refractivity contribution in [2.24, 2.45) is 0 Å². The molecule has 0 spiro atoms. The summed E-state index contributed by atoms with van der Waals surface area (Å²) in [6.45, 7) is 0.255. The van der Waals surface area contributed by atoms with Crippen molar-refractivity contribution in [1.29, 1.82) is 0 Å². The summed E-state index contributed by atoms with van der Waals surface area (Å²) in [5.74, 6) is 0. The number of hydrogen-bond donors (Lipinski definition) is 4. The summed E-state index contributed by atoms with van der Waals surface area (Å²) < 4.78 is 0. The number of nitrogens with two attached hydrogens (primary N) is 2. The minimum Gasteiger partial charge on any atom is -0.465 e. The van der Waals surface area contributed by atoms with Crippen LogP contribution >= 0.6 is 0 Å². The summed E-state index contributed by atoms with van der Waals surface area (Å²) in [4.78, 5) is 10.5. The molecule has 2 aromatic rings. The monoisotopic (exact) mass is 257 g/mol. The summed E-state index contributed by atoms with van der Waals surface area (Å²) >= 11 is 0. The maximum absolute atomic E-state index is 10.5. The minimum absolute atomic E-state index is 0.255. The van der Waals surface area contributed by atoms with E-state index >= 15 is 0 Å². The topological polar surface area (TPSA) is 101 Å². The van der Waals surface area contributed by atoms with Crippen LogP contribution in [0.15, 0.2) is 42.5 Å². The number of nitrogens with one attached hydrogen (secondary N) is 1. The second-order valence-electron chi connectivity index (χ2n) is 4.17. The third-order valence-corrected chi connectivity index (χ3v) is 2.82. The van der Waals surface area contributed by atoms with Gasteiger partial charge in [0.15, 0.2) is 0 Å². The first-order valence-electron chi connectivity index (χ1n) is 5.78. The molecule has 0 saturated heterocycles. The lowest BCUT2D eigenvalue weighted by atomic mass is 10.0. The standard InChI is InChI=1S/C14H15N3O2/c15-12-6-2-5-11(13(12)16)10-4-1-3-9(7-10)8-17-14(18)19/h1-7,17H,8,15-16H2,(H,18,19). The highest BCUT2D eigenvalue weighted by Gasteiger charge is 2.06. The Morgan fingerprint density at radius 1 is 1.16 bits per heavy atom. The smallest absolute Gasteiger partial charge is 0.404 e. The van der Waals surface area contributed by atoms with E-state index in [1.807, 2.05) is 36.4 Å². The van der Waals surface area contributed by atoms with Gasteiger partial charge in [-0.3, -0.25) is 0 Å². The molecule has 98 valence electrons. The van der Waals surface area contributed by atoms with E-state index < -0.39 is 6.09 Å². The van der Waals surface area contributed by atoms with E-state index in [0.717, 1.165) is 16.7 Å². The second-order valence-corrected chi connectivity index (χ2v) is 4.17. The SMILES string of the molecule is Nc1cccc(-c2cccc(CNC(=O)O)c2)c1N. The molecule has 0 unspecified atom stereocenters. The fourth-order valence-electron chi connectivity index (χ4n) is 1.86. The van der Waals surface area contributed by atoms with Crippen LogP contribution in [0, 0.1) is 0 Å². The summed E-state index contributed by atoms with van der Waals surface area (Å²) in [6, 6.07) is 13.0. The molecular weight excluding hydrogens is 242 g/mol. The highest BCUT2D eigenvalue weighted by atomic mass is 16.4. The molecule has 0 atom stereocenters. The van der Waals surface area contributed by atoms with Crippen LogP contribution < -0.4 is 16.8 Å². The molecule has 0 saturated carbocycles. The van der Waals surface area contributed by atoms with Gasteiger partial charge < -0.3 is 21.9 Å². The first kappa shape index (κ1) is 12.8. The Morgan fingerprint density at radius 3 is 2.63 bits per heavy atom. The maximum atomic E-state index is 10.5. The number of benzene rings is 2. The van der Waals surface area contributed by atoms with Gasteiger partial charge in [-0.25, -0.2) is 4.79 Å². The Labute approximate surface area is 110 Å². The van der Waals surface area contributed by atoms with Crippen LogP contribution in [0.1, 0.15) is 5.56 Å². The number of carboxylic acid groups (broad SMARTS) is 1. The number of hydrogen-bond acceptors (Lipinski definition) is 3. The molecule has 0 heterocycles. The number of anilines is 2. The fraction of sp³-hybridized carbons (Fsp3) is 0.0714. The molecule has 5 nitrogen and oxygen atoms in total. The number of rotatable bonds is 3. The first-order valence-corrected chi connectivity index (χ1v) is 5.78. The average molecular weight is 257 g/mol. The molecule has 0 radical (unpaired) electrons. The highest BCUT2D eigenvalue weighted by Crippen LogP contribution is 2.30. The average Bonchev–Trinajstić information content (AvgIpc) is 2.40. The van der Waals surface area contributed by atoms with E-state index in [0.29, 0.717) is 11.4 Å². The van der Waals surface area contributed by atoms with Crippen LogP contribution in [0.3, 0.4) is 0 Å². The molecule has 0 aliphatic heterocycles. The van der Waals surface area contributed by atoms with Crippen molar-refractivity contribution in [1.82, 2.24) is 5.32 Å². The Balaban J connectivity index is 2.32. The zero-order chi connectivity index (χ0) is 13.8. The molecule has 1 amide bonds. The third-order valence-electron chi connectivity index (χ3n) is 2.82. The van der Waals surface area contributed by atoms with Crippen molar-refractivity contribution >= 4 is 17.5 Å².